The Hall–Kier alpha value is -3.39. The number of rotatable bonds is 5. The van der Waals surface area contributed by atoms with Gasteiger partial charge in [0.05, 0.1) is 0 Å². The first-order chi connectivity index (χ1) is 15.7. The molecule has 5 rings (SSSR count). The topological polar surface area (TPSA) is 43.1 Å². The molecule has 0 saturated carbocycles. The van der Waals surface area contributed by atoms with E-state index in [4.69, 9.17) is 21.0 Å². The summed E-state index contributed by atoms with van der Waals surface area (Å²) in [4.78, 5) is 4.84. The van der Waals surface area contributed by atoms with Crippen molar-refractivity contribution >= 4 is 34.8 Å². The molecule has 5 heteroatoms. The van der Waals surface area contributed by atoms with Crippen LogP contribution in [0.25, 0.3) is 22.8 Å². The highest BCUT2D eigenvalue weighted by atomic mass is 35.5. The summed E-state index contributed by atoms with van der Waals surface area (Å²) in [5.74, 6) is 0.911. The van der Waals surface area contributed by atoms with Crippen molar-refractivity contribution in [2.45, 2.75) is 0 Å². The molecule has 0 aliphatic carbocycles. The smallest absolute Gasteiger partial charge is 0.227 e. The highest BCUT2D eigenvalue weighted by molar-refractivity contribution is 7.85. The Bertz CT molecular complexity index is 1340. The van der Waals surface area contributed by atoms with Crippen LogP contribution in [0, 0.1) is 0 Å². The molecule has 156 valence electrons. The summed E-state index contributed by atoms with van der Waals surface area (Å²) < 4.78 is 21.3. The molecule has 0 atom stereocenters. The molecule has 4 aromatic carbocycles. The first kappa shape index (κ1) is 20.5. The van der Waals surface area contributed by atoms with Crippen molar-refractivity contribution in [2.75, 3.05) is 0 Å². The van der Waals surface area contributed by atoms with Crippen LogP contribution in [0.2, 0.25) is 5.02 Å². The van der Waals surface area contributed by atoms with E-state index < -0.39 is 7.14 Å². The second-order valence-corrected chi connectivity index (χ2v) is 10.4. The Balaban J connectivity index is 1.81. The quantitative estimate of drug-likeness (QED) is 0.292. The van der Waals surface area contributed by atoms with Crippen LogP contribution < -0.4 is 16.0 Å². The van der Waals surface area contributed by atoms with Crippen molar-refractivity contribution in [1.82, 2.24) is 4.98 Å². The maximum Gasteiger partial charge on any atom is 0.227 e. The van der Waals surface area contributed by atoms with Gasteiger partial charge in [-0.2, -0.15) is 0 Å². The summed E-state index contributed by atoms with van der Waals surface area (Å²) in [7, 11) is -3.32. The molecule has 0 amide bonds. The third kappa shape index (κ3) is 3.71. The zero-order chi connectivity index (χ0) is 22.0. The van der Waals surface area contributed by atoms with Crippen LogP contribution in [0.5, 0.6) is 0 Å². The third-order valence-electron chi connectivity index (χ3n) is 5.27. The average Bonchev–Trinajstić information content (AvgIpc) is 3.32. The number of oxazole rings is 1. The van der Waals surface area contributed by atoms with E-state index in [9.17, 15) is 4.57 Å². The van der Waals surface area contributed by atoms with E-state index in [0.717, 1.165) is 11.1 Å². The molecule has 0 saturated heterocycles. The van der Waals surface area contributed by atoms with Crippen molar-refractivity contribution in [3.8, 4) is 22.8 Å². The van der Waals surface area contributed by atoms with Gasteiger partial charge in [0.25, 0.3) is 0 Å². The number of nitrogens with zero attached hydrogens (tertiary/aromatic N) is 1. The van der Waals surface area contributed by atoms with Gasteiger partial charge in [-0.1, -0.05) is 103 Å². The minimum atomic E-state index is -3.32. The number of hydrogen-bond donors (Lipinski definition) is 0. The SMILES string of the molecule is O=P(c1ccccc1)(c1ccccc1)c1nc(-c2ccc(Cl)cc2)oc1-c1ccccc1. The number of hydrogen-bond acceptors (Lipinski definition) is 3. The lowest BCUT2D eigenvalue weighted by Crippen LogP contribution is -2.27. The zero-order valence-corrected chi connectivity index (χ0v) is 18.7. The van der Waals surface area contributed by atoms with E-state index in [-0.39, 0.29) is 0 Å². The standard InChI is InChI=1S/C27H19ClNO2P/c28-22-18-16-21(17-19-22)26-29-27(25(31-26)20-10-4-1-5-11-20)32(30,23-12-6-2-7-13-23)24-14-8-3-9-15-24/h1-19H. The maximum absolute atomic E-state index is 15.0. The van der Waals surface area contributed by atoms with Gasteiger partial charge in [-0.05, 0) is 24.3 Å². The second kappa shape index (κ2) is 8.63. The minimum absolute atomic E-state index is 0.405. The van der Waals surface area contributed by atoms with E-state index in [1.165, 1.54) is 0 Å². The van der Waals surface area contributed by atoms with Gasteiger partial charge >= 0.3 is 0 Å². The van der Waals surface area contributed by atoms with Gasteiger partial charge in [0, 0.05) is 26.8 Å². The molecule has 3 nitrogen and oxygen atoms in total. The zero-order valence-electron chi connectivity index (χ0n) is 17.1. The van der Waals surface area contributed by atoms with Crippen LogP contribution in [0.3, 0.4) is 0 Å². The molecule has 0 unspecified atom stereocenters. The van der Waals surface area contributed by atoms with Gasteiger partial charge in [0.2, 0.25) is 5.89 Å². The Morgan fingerprint density at radius 3 is 1.66 bits per heavy atom. The van der Waals surface area contributed by atoms with E-state index >= 15 is 0 Å². The van der Waals surface area contributed by atoms with E-state index in [1.807, 2.05) is 103 Å². The molecule has 0 aliphatic heterocycles. The Morgan fingerprint density at radius 1 is 0.625 bits per heavy atom. The lowest BCUT2D eigenvalue weighted by molar-refractivity contribution is 0.587. The van der Waals surface area contributed by atoms with Crippen LogP contribution in [0.1, 0.15) is 0 Å². The Morgan fingerprint density at radius 2 is 1.12 bits per heavy atom. The van der Waals surface area contributed by atoms with Crippen molar-refractivity contribution in [3.05, 3.63) is 120 Å². The molecule has 32 heavy (non-hydrogen) atoms. The van der Waals surface area contributed by atoms with E-state index in [0.29, 0.717) is 32.7 Å². The van der Waals surface area contributed by atoms with Gasteiger partial charge in [-0.25, -0.2) is 4.98 Å². The lowest BCUT2D eigenvalue weighted by Gasteiger charge is -2.18. The second-order valence-electron chi connectivity index (χ2n) is 7.33. The van der Waals surface area contributed by atoms with Crippen LogP contribution in [-0.2, 0) is 4.57 Å². The molecular formula is C27H19ClNO2P. The monoisotopic (exact) mass is 455 g/mol. The highest BCUT2D eigenvalue weighted by Crippen LogP contribution is 2.45. The average molecular weight is 456 g/mol. The maximum atomic E-state index is 15.0. The van der Waals surface area contributed by atoms with Gasteiger partial charge < -0.3 is 8.98 Å². The molecule has 0 radical (unpaired) electrons. The fourth-order valence-corrected chi connectivity index (χ4v) is 6.48. The van der Waals surface area contributed by atoms with Gasteiger partial charge in [-0.3, -0.25) is 0 Å². The summed E-state index contributed by atoms with van der Waals surface area (Å²) >= 11 is 6.07. The Labute approximate surface area is 191 Å². The molecular weight excluding hydrogens is 437 g/mol. The van der Waals surface area contributed by atoms with Gasteiger partial charge in [0.15, 0.2) is 18.3 Å². The first-order valence-corrected chi connectivity index (χ1v) is 12.3. The third-order valence-corrected chi connectivity index (χ3v) is 8.48. The fraction of sp³-hybridized carbons (Fsp3) is 0. The molecule has 0 spiro atoms. The number of benzene rings is 4. The van der Waals surface area contributed by atoms with E-state index in [1.54, 1.807) is 12.1 Å². The molecule has 5 aromatic rings. The van der Waals surface area contributed by atoms with Crippen LogP contribution in [0.15, 0.2) is 120 Å². The summed E-state index contributed by atoms with van der Waals surface area (Å²) in [5, 5.41) is 2.04. The molecule has 0 N–H and O–H groups in total. The molecule has 0 aliphatic rings. The highest BCUT2D eigenvalue weighted by Gasteiger charge is 2.37. The van der Waals surface area contributed by atoms with Crippen LogP contribution >= 0.6 is 18.7 Å². The normalized spacial score (nSPS) is 11.4. The molecule has 0 fully saturated rings. The number of halogens is 1. The minimum Gasteiger partial charge on any atom is -0.435 e. The van der Waals surface area contributed by atoms with Crippen molar-refractivity contribution in [2.24, 2.45) is 0 Å². The Kier molecular flexibility index (Phi) is 5.53. The van der Waals surface area contributed by atoms with E-state index in [2.05, 4.69) is 0 Å². The molecule has 1 aromatic heterocycles. The van der Waals surface area contributed by atoms with Crippen molar-refractivity contribution in [1.29, 1.82) is 0 Å². The molecule has 1 heterocycles. The summed E-state index contributed by atoms with van der Waals surface area (Å²) in [6, 6.07) is 35.9. The summed E-state index contributed by atoms with van der Waals surface area (Å²) in [6.07, 6.45) is 0. The predicted octanol–water partition coefficient (Wildman–Crippen LogP) is 6.30. The predicted molar refractivity (Wildman–Crippen MR) is 132 cm³/mol. The summed E-state index contributed by atoms with van der Waals surface area (Å²) in [5.41, 5.74) is 2.03. The molecule has 0 bridgehead atoms. The largest absolute Gasteiger partial charge is 0.435 e. The fourth-order valence-electron chi connectivity index (χ4n) is 3.69. The van der Waals surface area contributed by atoms with Crippen LogP contribution in [-0.4, -0.2) is 4.98 Å². The van der Waals surface area contributed by atoms with Crippen LogP contribution in [0.4, 0.5) is 0 Å². The van der Waals surface area contributed by atoms with Gasteiger partial charge in [-0.15, -0.1) is 0 Å². The van der Waals surface area contributed by atoms with Crippen molar-refractivity contribution in [3.63, 3.8) is 0 Å². The van der Waals surface area contributed by atoms with Crippen molar-refractivity contribution < 1.29 is 8.98 Å². The van der Waals surface area contributed by atoms with Gasteiger partial charge in [0.1, 0.15) is 0 Å². The summed E-state index contributed by atoms with van der Waals surface area (Å²) in [6.45, 7) is 0. The lowest BCUT2D eigenvalue weighted by atomic mass is 10.2. The number of aromatic nitrogens is 1. The first-order valence-electron chi connectivity index (χ1n) is 10.2.